The highest BCUT2D eigenvalue weighted by molar-refractivity contribution is 6.16. The Bertz CT molecular complexity index is 1410. The maximum Gasteiger partial charge on any atom is 0.290 e. The molecule has 0 saturated carbocycles. The zero-order chi connectivity index (χ0) is 24.5. The van der Waals surface area contributed by atoms with Crippen molar-refractivity contribution in [2.24, 2.45) is 0 Å². The lowest BCUT2D eigenvalue weighted by Crippen LogP contribution is -2.30. The molecule has 0 aliphatic carbocycles. The van der Waals surface area contributed by atoms with Crippen molar-refractivity contribution in [3.63, 3.8) is 0 Å². The summed E-state index contributed by atoms with van der Waals surface area (Å²) in [6.45, 7) is 2.46. The summed E-state index contributed by atoms with van der Waals surface area (Å²) in [6.07, 6.45) is 1.50. The molecular weight excluding hydrogens is 450 g/mol. The van der Waals surface area contributed by atoms with Gasteiger partial charge in [0, 0.05) is 5.39 Å². The molecule has 0 radical (unpaired) electrons. The van der Waals surface area contributed by atoms with Crippen molar-refractivity contribution < 1.29 is 33.0 Å². The van der Waals surface area contributed by atoms with E-state index in [4.69, 9.17) is 18.3 Å². The fraction of sp³-hybridized carbons (Fsp3) is 0.185. The van der Waals surface area contributed by atoms with E-state index in [2.05, 4.69) is 0 Å². The Morgan fingerprint density at radius 3 is 2.60 bits per heavy atom. The minimum absolute atomic E-state index is 0.00497. The predicted octanol–water partition coefficient (Wildman–Crippen LogP) is 5.21. The number of nitrogens with zero attached hydrogens (tertiary/aromatic N) is 1. The van der Waals surface area contributed by atoms with Gasteiger partial charge in [-0.15, -0.1) is 0 Å². The van der Waals surface area contributed by atoms with Gasteiger partial charge in [-0.1, -0.05) is 24.3 Å². The maximum atomic E-state index is 13.7. The van der Waals surface area contributed by atoms with Gasteiger partial charge in [-0.05, 0) is 48.9 Å². The summed E-state index contributed by atoms with van der Waals surface area (Å²) in [5, 5.41) is 11.5. The first-order valence-corrected chi connectivity index (χ1v) is 11.1. The molecule has 2 aromatic heterocycles. The van der Waals surface area contributed by atoms with Crippen LogP contribution in [0.25, 0.3) is 11.0 Å². The Morgan fingerprint density at radius 1 is 1.11 bits per heavy atom. The average Bonchev–Trinajstić information content (AvgIpc) is 3.60. The van der Waals surface area contributed by atoms with Crippen molar-refractivity contribution in [2.75, 3.05) is 13.7 Å². The first-order chi connectivity index (χ1) is 17.0. The van der Waals surface area contributed by atoms with Gasteiger partial charge in [-0.3, -0.25) is 9.59 Å². The number of Topliss-reactive ketones (excluding diaryl/α,β-unsaturated/α-hetero) is 1. The Kier molecular flexibility index (Phi) is 5.78. The van der Waals surface area contributed by atoms with Gasteiger partial charge in [-0.25, -0.2) is 0 Å². The molecule has 4 aromatic rings. The predicted molar refractivity (Wildman–Crippen MR) is 126 cm³/mol. The van der Waals surface area contributed by atoms with Crippen LogP contribution in [-0.2, 0) is 11.3 Å². The number of ketones is 1. The molecule has 1 atom stereocenters. The second kappa shape index (κ2) is 9.06. The van der Waals surface area contributed by atoms with Gasteiger partial charge in [0.15, 0.2) is 22.9 Å². The summed E-state index contributed by atoms with van der Waals surface area (Å²) in [5.41, 5.74) is 0.978. The van der Waals surface area contributed by atoms with Crippen molar-refractivity contribution in [3.8, 4) is 11.5 Å². The van der Waals surface area contributed by atoms with Crippen molar-refractivity contribution >= 4 is 22.7 Å². The van der Waals surface area contributed by atoms with E-state index in [1.165, 1.54) is 18.3 Å². The van der Waals surface area contributed by atoms with Crippen LogP contribution in [0.4, 0.5) is 0 Å². The Hall–Kier alpha value is -4.46. The molecule has 5 rings (SSSR count). The SMILES string of the molecule is CCOc1ccc(C2C(C(=O)c3cc4cccc(OC)c4o3)=C(O)C(=O)N2Cc2ccco2)cc1. The molecule has 1 amide bonds. The lowest BCUT2D eigenvalue weighted by molar-refractivity contribution is -0.130. The minimum atomic E-state index is -0.856. The molecule has 0 fully saturated rings. The van der Waals surface area contributed by atoms with Gasteiger partial charge >= 0.3 is 0 Å². The van der Waals surface area contributed by atoms with Gasteiger partial charge in [0.2, 0.25) is 5.78 Å². The van der Waals surface area contributed by atoms with Gasteiger partial charge in [-0.2, -0.15) is 0 Å². The molecule has 1 aliphatic rings. The van der Waals surface area contributed by atoms with Gasteiger partial charge in [0.1, 0.15) is 11.5 Å². The summed E-state index contributed by atoms with van der Waals surface area (Å²) in [6, 6.07) is 16.5. The third-order valence-electron chi connectivity index (χ3n) is 5.91. The second-order valence-electron chi connectivity index (χ2n) is 8.00. The summed E-state index contributed by atoms with van der Waals surface area (Å²) >= 11 is 0. The lowest BCUT2D eigenvalue weighted by Gasteiger charge is -2.26. The molecule has 1 N–H and O–H groups in total. The Morgan fingerprint density at radius 2 is 1.91 bits per heavy atom. The van der Waals surface area contributed by atoms with Gasteiger partial charge in [0.05, 0.1) is 38.1 Å². The van der Waals surface area contributed by atoms with Gasteiger partial charge < -0.3 is 28.3 Å². The Labute approximate surface area is 201 Å². The normalized spacial score (nSPS) is 15.8. The molecule has 1 unspecified atom stereocenters. The molecule has 35 heavy (non-hydrogen) atoms. The molecule has 0 bridgehead atoms. The van der Waals surface area contributed by atoms with E-state index in [1.807, 2.05) is 6.92 Å². The second-order valence-corrected chi connectivity index (χ2v) is 8.00. The third-order valence-corrected chi connectivity index (χ3v) is 5.91. The van der Waals surface area contributed by atoms with Crippen LogP contribution in [-0.4, -0.2) is 35.4 Å². The van der Waals surface area contributed by atoms with Crippen LogP contribution >= 0.6 is 0 Å². The first kappa shape index (κ1) is 22.3. The number of fused-ring (bicyclic) bond motifs is 1. The average molecular weight is 473 g/mol. The monoisotopic (exact) mass is 473 g/mol. The third kappa shape index (κ3) is 3.93. The number of methoxy groups -OCH3 is 1. The van der Waals surface area contributed by atoms with E-state index in [9.17, 15) is 14.7 Å². The number of furan rings is 2. The van der Waals surface area contributed by atoms with E-state index >= 15 is 0 Å². The van der Waals surface area contributed by atoms with Crippen LogP contribution in [0.2, 0.25) is 0 Å². The summed E-state index contributed by atoms with van der Waals surface area (Å²) in [4.78, 5) is 28.2. The van der Waals surface area contributed by atoms with Crippen LogP contribution in [0.3, 0.4) is 0 Å². The van der Waals surface area contributed by atoms with Crippen LogP contribution in [0.15, 0.2) is 87.1 Å². The molecule has 1 aliphatic heterocycles. The molecule has 8 heteroatoms. The highest BCUT2D eigenvalue weighted by Gasteiger charge is 2.45. The number of para-hydroxylation sites is 1. The van der Waals surface area contributed by atoms with Crippen LogP contribution < -0.4 is 9.47 Å². The van der Waals surface area contributed by atoms with E-state index in [-0.39, 0.29) is 17.9 Å². The van der Waals surface area contributed by atoms with Crippen LogP contribution in [0.5, 0.6) is 11.5 Å². The van der Waals surface area contributed by atoms with Crippen molar-refractivity contribution in [1.82, 2.24) is 4.90 Å². The molecular formula is C27H23NO7. The zero-order valence-electron chi connectivity index (χ0n) is 19.2. The maximum absolute atomic E-state index is 13.7. The van der Waals surface area contributed by atoms with Crippen LogP contribution in [0, 0.1) is 0 Å². The number of hydrogen-bond acceptors (Lipinski definition) is 7. The lowest BCUT2D eigenvalue weighted by atomic mass is 9.95. The van der Waals surface area contributed by atoms with Crippen molar-refractivity contribution in [2.45, 2.75) is 19.5 Å². The molecule has 178 valence electrons. The molecule has 0 spiro atoms. The van der Waals surface area contributed by atoms with Crippen LogP contribution in [0.1, 0.15) is 34.8 Å². The molecule has 3 heterocycles. The summed E-state index contributed by atoms with van der Waals surface area (Å²) in [7, 11) is 1.51. The number of carbonyl (C=O) groups is 2. The quantitative estimate of drug-likeness (QED) is 0.350. The molecule has 0 saturated heterocycles. The first-order valence-electron chi connectivity index (χ1n) is 11.1. The number of hydrogen-bond donors (Lipinski definition) is 1. The highest BCUT2D eigenvalue weighted by atomic mass is 16.5. The fourth-order valence-electron chi connectivity index (χ4n) is 4.32. The number of aliphatic hydroxyl groups is 1. The highest BCUT2D eigenvalue weighted by Crippen LogP contribution is 2.41. The van der Waals surface area contributed by atoms with E-state index in [1.54, 1.807) is 60.7 Å². The number of carbonyl (C=O) groups excluding carboxylic acids is 2. The number of benzene rings is 2. The smallest absolute Gasteiger partial charge is 0.290 e. The van der Waals surface area contributed by atoms with E-state index in [0.717, 1.165) is 0 Å². The van der Waals surface area contributed by atoms with Crippen molar-refractivity contribution in [3.05, 3.63) is 95.3 Å². The Balaban J connectivity index is 1.59. The number of rotatable bonds is 8. The number of ether oxygens (including phenoxy) is 2. The molecule has 8 nitrogen and oxygen atoms in total. The summed E-state index contributed by atoms with van der Waals surface area (Å²) in [5.74, 6) is -0.229. The largest absolute Gasteiger partial charge is 0.503 e. The topological polar surface area (TPSA) is 102 Å². The van der Waals surface area contributed by atoms with Gasteiger partial charge in [0.25, 0.3) is 5.91 Å². The van der Waals surface area contributed by atoms with Crippen molar-refractivity contribution in [1.29, 1.82) is 0 Å². The zero-order valence-corrected chi connectivity index (χ0v) is 19.2. The summed E-state index contributed by atoms with van der Waals surface area (Å²) < 4.78 is 22.1. The number of aliphatic hydroxyl groups excluding tert-OH is 1. The van der Waals surface area contributed by atoms with E-state index in [0.29, 0.717) is 40.4 Å². The molecule has 2 aromatic carbocycles. The minimum Gasteiger partial charge on any atom is -0.503 e. The standard InChI is InChI=1S/C27H23NO7/c1-3-33-18-11-9-16(10-12-18)23-22(25(30)27(31)28(23)15-19-7-5-13-34-19)24(29)21-14-17-6-4-8-20(32-2)26(17)35-21/h4-14,23,30H,3,15H2,1-2H3. The number of amides is 1. The van der Waals surface area contributed by atoms with E-state index < -0.39 is 23.5 Å². The fourth-order valence-corrected chi connectivity index (χ4v) is 4.32.